The predicted molar refractivity (Wildman–Crippen MR) is 76.5 cm³/mol. The van der Waals surface area contributed by atoms with Gasteiger partial charge in [-0.25, -0.2) is 4.79 Å². The molecule has 3 N–H and O–H groups in total. The second-order valence-electron chi connectivity index (χ2n) is 4.10. The molecule has 1 aromatic rings. The minimum Gasteiger partial charge on any atom is -0.490 e. The molecule has 0 radical (unpaired) electrons. The van der Waals surface area contributed by atoms with Gasteiger partial charge in [0.1, 0.15) is 0 Å². The van der Waals surface area contributed by atoms with Gasteiger partial charge in [0.15, 0.2) is 18.2 Å². The average Bonchev–Trinajstić information content (AvgIpc) is 2.45. The van der Waals surface area contributed by atoms with Crippen molar-refractivity contribution in [1.29, 1.82) is 0 Å². The summed E-state index contributed by atoms with van der Waals surface area (Å²) < 4.78 is 10.8. The van der Waals surface area contributed by atoms with Gasteiger partial charge in [-0.2, -0.15) is 0 Å². The van der Waals surface area contributed by atoms with Crippen LogP contribution in [0, 0.1) is 0 Å². The first-order chi connectivity index (χ1) is 10.1. The molecule has 7 nitrogen and oxygen atoms in total. The van der Waals surface area contributed by atoms with Crippen molar-refractivity contribution in [1.82, 2.24) is 10.6 Å². The molecule has 0 atom stereocenters. The van der Waals surface area contributed by atoms with Crippen molar-refractivity contribution in [2.24, 2.45) is 0 Å². The normalized spacial score (nSPS) is 9.76. The number of carboxylic acids is 1. The third-order valence-corrected chi connectivity index (χ3v) is 2.46. The molecule has 116 valence electrons. The second kappa shape index (κ2) is 9.46. The van der Waals surface area contributed by atoms with Gasteiger partial charge in [0, 0.05) is 13.0 Å². The smallest absolute Gasteiger partial charge is 0.317 e. The lowest BCUT2D eigenvalue weighted by Crippen LogP contribution is -2.38. The fraction of sp³-hybridized carbons (Fsp3) is 0.429. The van der Waals surface area contributed by atoms with Crippen LogP contribution in [0.4, 0.5) is 4.79 Å². The number of para-hydroxylation sites is 2. The van der Waals surface area contributed by atoms with E-state index in [1.54, 1.807) is 12.1 Å². The highest BCUT2D eigenvalue weighted by Gasteiger charge is 2.04. The molecule has 0 heterocycles. The van der Waals surface area contributed by atoms with E-state index in [1.165, 1.54) is 0 Å². The Balaban J connectivity index is 2.24. The number of urea groups is 1. The van der Waals surface area contributed by atoms with E-state index in [9.17, 15) is 9.59 Å². The molecule has 0 saturated carbocycles. The van der Waals surface area contributed by atoms with Crippen molar-refractivity contribution in [3.8, 4) is 11.5 Å². The number of ether oxygens (including phenoxy) is 2. The number of aliphatic carboxylic acids is 1. The molecular weight excluding hydrogens is 276 g/mol. The van der Waals surface area contributed by atoms with Crippen molar-refractivity contribution >= 4 is 12.0 Å². The van der Waals surface area contributed by atoms with Crippen LogP contribution in [-0.2, 0) is 4.79 Å². The molecule has 0 fully saturated rings. The highest BCUT2D eigenvalue weighted by Crippen LogP contribution is 2.25. The zero-order chi connectivity index (χ0) is 15.5. The third-order valence-electron chi connectivity index (χ3n) is 2.46. The summed E-state index contributed by atoms with van der Waals surface area (Å²) in [7, 11) is 0. The fourth-order valence-electron chi connectivity index (χ4n) is 1.53. The van der Waals surface area contributed by atoms with E-state index in [2.05, 4.69) is 10.6 Å². The van der Waals surface area contributed by atoms with Crippen molar-refractivity contribution < 1.29 is 24.2 Å². The maximum atomic E-state index is 11.4. The first-order valence-electron chi connectivity index (χ1n) is 6.71. The zero-order valence-electron chi connectivity index (χ0n) is 11.9. The third kappa shape index (κ3) is 7.05. The van der Waals surface area contributed by atoms with Crippen LogP contribution >= 0.6 is 0 Å². The summed E-state index contributed by atoms with van der Waals surface area (Å²) in [5.41, 5.74) is 0. The minimum absolute atomic E-state index is 0.00511. The summed E-state index contributed by atoms with van der Waals surface area (Å²) in [6, 6.07) is 6.77. The van der Waals surface area contributed by atoms with E-state index in [0.29, 0.717) is 31.1 Å². The van der Waals surface area contributed by atoms with Crippen LogP contribution in [0.1, 0.15) is 19.8 Å². The summed E-state index contributed by atoms with van der Waals surface area (Å²) >= 11 is 0. The summed E-state index contributed by atoms with van der Waals surface area (Å²) in [5.74, 6) is 0.280. The molecule has 0 unspecified atom stereocenters. The molecule has 0 spiro atoms. The molecule has 0 aromatic heterocycles. The van der Waals surface area contributed by atoms with Gasteiger partial charge in [0.25, 0.3) is 0 Å². The molecule has 21 heavy (non-hydrogen) atoms. The van der Waals surface area contributed by atoms with E-state index in [0.717, 1.165) is 0 Å². The Labute approximate surface area is 123 Å². The van der Waals surface area contributed by atoms with Crippen molar-refractivity contribution in [2.45, 2.75) is 19.8 Å². The van der Waals surface area contributed by atoms with Gasteiger partial charge in [0.2, 0.25) is 0 Å². The molecule has 0 bridgehead atoms. The average molecular weight is 296 g/mol. The predicted octanol–water partition coefficient (Wildman–Crippen LogP) is 1.59. The Bertz CT molecular complexity index is 464. The maximum Gasteiger partial charge on any atom is 0.317 e. The van der Waals surface area contributed by atoms with E-state index in [-0.39, 0.29) is 13.2 Å². The second-order valence-corrected chi connectivity index (χ2v) is 4.10. The van der Waals surface area contributed by atoms with Crippen LogP contribution in [0.5, 0.6) is 11.5 Å². The van der Waals surface area contributed by atoms with Gasteiger partial charge >= 0.3 is 12.0 Å². The number of carbonyl (C=O) groups is 2. The van der Waals surface area contributed by atoms with Crippen LogP contribution in [-0.4, -0.2) is 37.0 Å². The number of rotatable bonds is 9. The standard InChI is InChI=1S/C14H20N2O5/c1-2-20-11-6-3-4-7-12(11)21-10-16-14(19)15-9-5-8-13(17)18/h3-4,6-7H,2,5,8-10H2,1H3,(H,17,18)(H2,15,16,19). The molecule has 0 aliphatic rings. The van der Waals surface area contributed by atoms with Gasteiger partial charge in [0.05, 0.1) is 6.61 Å². The highest BCUT2D eigenvalue weighted by molar-refractivity contribution is 5.73. The van der Waals surface area contributed by atoms with E-state index < -0.39 is 12.0 Å². The van der Waals surface area contributed by atoms with Crippen LogP contribution in [0.15, 0.2) is 24.3 Å². The molecule has 0 saturated heterocycles. The Hall–Kier alpha value is -2.44. The van der Waals surface area contributed by atoms with Gasteiger partial charge in [-0.1, -0.05) is 12.1 Å². The SMILES string of the molecule is CCOc1ccccc1OCNC(=O)NCCCC(=O)O. The van der Waals surface area contributed by atoms with Crippen molar-refractivity contribution in [2.75, 3.05) is 19.9 Å². The summed E-state index contributed by atoms with van der Waals surface area (Å²) in [5, 5.41) is 13.5. The largest absolute Gasteiger partial charge is 0.490 e. The van der Waals surface area contributed by atoms with Crippen LogP contribution < -0.4 is 20.1 Å². The quantitative estimate of drug-likeness (QED) is 0.475. The lowest BCUT2D eigenvalue weighted by atomic mass is 10.3. The number of nitrogens with one attached hydrogen (secondary N) is 2. The molecule has 1 rings (SSSR count). The number of benzene rings is 1. The maximum absolute atomic E-state index is 11.4. The number of carbonyl (C=O) groups excluding carboxylic acids is 1. The summed E-state index contributed by atoms with van der Waals surface area (Å²) in [6.07, 6.45) is 0.412. The van der Waals surface area contributed by atoms with Crippen molar-refractivity contribution in [3.63, 3.8) is 0 Å². The Morgan fingerprint density at radius 3 is 2.43 bits per heavy atom. The topological polar surface area (TPSA) is 96.9 Å². The monoisotopic (exact) mass is 296 g/mol. The molecule has 2 amide bonds. The van der Waals surface area contributed by atoms with Gasteiger partial charge in [-0.3, -0.25) is 4.79 Å². The van der Waals surface area contributed by atoms with Crippen molar-refractivity contribution in [3.05, 3.63) is 24.3 Å². The number of hydrogen-bond acceptors (Lipinski definition) is 4. The van der Waals surface area contributed by atoms with Crippen LogP contribution in [0.2, 0.25) is 0 Å². The fourth-order valence-corrected chi connectivity index (χ4v) is 1.53. The summed E-state index contributed by atoms with van der Waals surface area (Å²) in [4.78, 5) is 21.7. The van der Waals surface area contributed by atoms with E-state index in [4.69, 9.17) is 14.6 Å². The first kappa shape index (κ1) is 16.6. The first-order valence-corrected chi connectivity index (χ1v) is 6.71. The number of hydrogen-bond donors (Lipinski definition) is 3. The Morgan fingerprint density at radius 1 is 1.14 bits per heavy atom. The van der Waals surface area contributed by atoms with Crippen LogP contribution in [0.25, 0.3) is 0 Å². The lowest BCUT2D eigenvalue weighted by molar-refractivity contribution is -0.137. The minimum atomic E-state index is -0.881. The van der Waals surface area contributed by atoms with Crippen LogP contribution in [0.3, 0.4) is 0 Å². The molecule has 0 aliphatic heterocycles. The Morgan fingerprint density at radius 2 is 1.81 bits per heavy atom. The lowest BCUT2D eigenvalue weighted by Gasteiger charge is -2.12. The highest BCUT2D eigenvalue weighted by atomic mass is 16.5. The molecular formula is C14H20N2O5. The summed E-state index contributed by atoms with van der Waals surface area (Å²) in [6.45, 7) is 2.69. The molecule has 1 aromatic carbocycles. The molecule has 0 aliphatic carbocycles. The van der Waals surface area contributed by atoms with Gasteiger partial charge < -0.3 is 25.2 Å². The van der Waals surface area contributed by atoms with E-state index >= 15 is 0 Å². The number of amides is 2. The Kier molecular flexibility index (Phi) is 7.49. The number of carboxylic acid groups (broad SMARTS) is 1. The zero-order valence-corrected chi connectivity index (χ0v) is 11.9. The van der Waals surface area contributed by atoms with Gasteiger partial charge in [-0.05, 0) is 25.5 Å². The van der Waals surface area contributed by atoms with Gasteiger partial charge in [-0.15, -0.1) is 0 Å². The molecule has 7 heteroatoms. The van der Waals surface area contributed by atoms with E-state index in [1.807, 2.05) is 19.1 Å².